The number of H-pyrrole nitrogens is 1. The highest BCUT2D eigenvalue weighted by molar-refractivity contribution is 5.93. The summed E-state index contributed by atoms with van der Waals surface area (Å²) in [6.07, 6.45) is 3.10. The fraction of sp³-hybridized carbons (Fsp3) is 0.250. The maximum absolute atomic E-state index is 11.9. The molecule has 2 aromatic carbocycles. The van der Waals surface area contributed by atoms with Gasteiger partial charge in [0.2, 0.25) is 0 Å². The van der Waals surface area contributed by atoms with Gasteiger partial charge in [0.25, 0.3) is 5.56 Å². The average Bonchev–Trinajstić information content (AvgIpc) is 2.61. The van der Waals surface area contributed by atoms with Crippen molar-refractivity contribution in [1.29, 1.82) is 0 Å². The number of hydrogen-bond donors (Lipinski definition) is 1. The first-order chi connectivity index (χ1) is 11.7. The van der Waals surface area contributed by atoms with Gasteiger partial charge >= 0.3 is 0 Å². The number of carbonyl (C=O) groups excluding carboxylic acids is 1. The molecule has 1 heterocycles. The van der Waals surface area contributed by atoms with E-state index in [-0.39, 0.29) is 11.3 Å². The number of aromatic amines is 1. The number of fused-ring (bicyclic) bond motifs is 1. The molecule has 0 amide bonds. The third-order valence-electron chi connectivity index (χ3n) is 4.13. The summed E-state index contributed by atoms with van der Waals surface area (Å²) in [6, 6.07) is 15.3. The Hall–Kier alpha value is -2.75. The van der Waals surface area contributed by atoms with Gasteiger partial charge in [0.05, 0.1) is 11.1 Å². The molecule has 0 bridgehead atoms. The van der Waals surface area contributed by atoms with Gasteiger partial charge in [-0.25, -0.2) is 5.10 Å². The topological polar surface area (TPSA) is 62.8 Å². The summed E-state index contributed by atoms with van der Waals surface area (Å²) in [5.74, 6) is 0.275. The molecule has 0 aliphatic heterocycles. The Morgan fingerprint density at radius 2 is 1.75 bits per heavy atom. The second kappa shape index (κ2) is 7.21. The van der Waals surface area contributed by atoms with Crippen LogP contribution >= 0.6 is 0 Å². The predicted molar refractivity (Wildman–Crippen MR) is 96.0 cm³/mol. The summed E-state index contributed by atoms with van der Waals surface area (Å²) in [6.45, 7) is 2.09. The van der Waals surface area contributed by atoms with Crippen LogP contribution in [0.3, 0.4) is 0 Å². The highest BCUT2D eigenvalue weighted by Gasteiger charge is 2.09. The molecule has 1 aromatic heterocycles. The van der Waals surface area contributed by atoms with Gasteiger partial charge in [0.15, 0.2) is 0 Å². The van der Waals surface area contributed by atoms with Crippen molar-refractivity contribution in [3.8, 4) is 11.3 Å². The Kier molecular flexibility index (Phi) is 4.85. The van der Waals surface area contributed by atoms with Crippen LogP contribution in [0, 0.1) is 0 Å². The molecule has 0 spiro atoms. The standard InChI is InChI=1S/C20H20N2O2/c1-2-3-6-16(23)13-14-9-11-15(12-10-14)19-17-7-4-5-8-18(17)20(24)22-21-19/h4-5,7-12H,2-3,6,13H2,1H3,(H,22,24). The molecular weight excluding hydrogens is 300 g/mol. The third kappa shape index (κ3) is 3.43. The van der Waals surface area contributed by atoms with E-state index < -0.39 is 0 Å². The van der Waals surface area contributed by atoms with Gasteiger partial charge < -0.3 is 0 Å². The molecule has 0 saturated carbocycles. The number of hydrogen-bond acceptors (Lipinski definition) is 3. The Labute approximate surface area is 140 Å². The van der Waals surface area contributed by atoms with E-state index in [0.717, 1.165) is 35.0 Å². The summed E-state index contributed by atoms with van der Waals surface area (Å²) < 4.78 is 0. The number of benzene rings is 2. The van der Waals surface area contributed by atoms with E-state index in [9.17, 15) is 9.59 Å². The summed E-state index contributed by atoms with van der Waals surface area (Å²) in [4.78, 5) is 23.8. The van der Waals surface area contributed by atoms with Gasteiger partial charge in [0, 0.05) is 23.8 Å². The van der Waals surface area contributed by atoms with Crippen LogP contribution in [0.15, 0.2) is 53.3 Å². The lowest BCUT2D eigenvalue weighted by Gasteiger charge is -2.06. The summed E-state index contributed by atoms with van der Waals surface area (Å²) in [5.41, 5.74) is 2.49. The lowest BCUT2D eigenvalue weighted by atomic mass is 10.0. The lowest BCUT2D eigenvalue weighted by Crippen LogP contribution is -2.09. The monoisotopic (exact) mass is 320 g/mol. The molecule has 0 atom stereocenters. The number of ketones is 1. The number of unbranched alkanes of at least 4 members (excludes halogenated alkanes) is 1. The van der Waals surface area contributed by atoms with Crippen LogP contribution in [0.4, 0.5) is 0 Å². The first-order valence-corrected chi connectivity index (χ1v) is 8.27. The quantitative estimate of drug-likeness (QED) is 0.749. The largest absolute Gasteiger partial charge is 0.299 e. The maximum atomic E-state index is 11.9. The van der Waals surface area contributed by atoms with Gasteiger partial charge in [-0.05, 0) is 18.1 Å². The smallest absolute Gasteiger partial charge is 0.272 e. The van der Waals surface area contributed by atoms with Crippen LogP contribution in [0.25, 0.3) is 22.0 Å². The Morgan fingerprint density at radius 1 is 1.04 bits per heavy atom. The van der Waals surface area contributed by atoms with Crippen molar-refractivity contribution in [2.24, 2.45) is 0 Å². The molecule has 122 valence electrons. The van der Waals surface area contributed by atoms with E-state index in [1.165, 1.54) is 0 Å². The van der Waals surface area contributed by atoms with Gasteiger partial charge in [-0.3, -0.25) is 9.59 Å². The molecule has 0 aliphatic carbocycles. The summed E-state index contributed by atoms with van der Waals surface area (Å²) in [7, 11) is 0. The molecule has 0 saturated heterocycles. The molecule has 0 radical (unpaired) electrons. The van der Waals surface area contributed by atoms with Gasteiger partial charge in [-0.2, -0.15) is 5.10 Å². The molecule has 3 aromatic rings. The van der Waals surface area contributed by atoms with E-state index in [2.05, 4.69) is 17.1 Å². The van der Waals surface area contributed by atoms with Gasteiger partial charge in [-0.15, -0.1) is 0 Å². The van der Waals surface area contributed by atoms with Gasteiger partial charge in [-0.1, -0.05) is 55.8 Å². The van der Waals surface area contributed by atoms with E-state index >= 15 is 0 Å². The first kappa shape index (κ1) is 16.1. The normalized spacial score (nSPS) is 10.9. The van der Waals surface area contributed by atoms with Crippen molar-refractivity contribution in [1.82, 2.24) is 10.2 Å². The van der Waals surface area contributed by atoms with E-state index in [4.69, 9.17) is 0 Å². The van der Waals surface area contributed by atoms with Crippen molar-refractivity contribution < 1.29 is 4.79 Å². The molecule has 0 fully saturated rings. The zero-order valence-electron chi connectivity index (χ0n) is 13.7. The van der Waals surface area contributed by atoms with Crippen molar-refractivity contribution in [2.45, 2.75) is 32.6 Å². The third-order valence-corrected chi connectivity index (χ3v) is 4.13. The molecule has 0 unspecified atom stereocenters. The molecule has 3 rings (SSSR count). The fourth-order valence-electron chi connectivity index (χ4n) is 2.81. The van der Waals surface area contributed by atoms with Crippen LogP contribution < -0.4 is 5.56 Å². The highest BCUT2D eigenvalue weighted by atomic mass is 16.1. The molecule has 0 aliphatic rings. The summed E-state index contributed by atoms with van der Waals surface area (Å²) >= 11 is 0. The van der Waals surface area contributed by atoms with Crippen LogP contribution in [0.5, 0.6) is 0 Å². The van der Waals surface area contributed by atoms with Crippen molar-refractivity contribution in [2.75, 3.05) is 0 Å². The van der Waals surface area contributed by atoms with Crippen LogP contribution in [0.2, 0.25) is 0 Å². The van der Waals surface area contributed by atoms with E-state index in [0.29, 0.717) is 18.2 Å². The number of nitrogens with zero attached hydrogens (tertiary/aromatic N) is 1. The SMILES string of the molecule is CCCCC(=O)Cc1ccc(-c2n[nH]c(=O)c3ccccc23)cc1. The molecule has 1 N–H and O–H groups in total. The Balaban J connectivity index is 1.88. The zero-order valence-corrected chi connectivity index (χ0v) is 13.7. The number of carbonyl (C=O) groups is 1. The van der Waals surface area contributed by atoms with E-state index in [1.807, 2.05) is 42.5 Å². The van der Waals surface area contributed by atoms with Gasteiger partial charge in [0.1, 0.15) is 5.78 Å². The minimum Gasteiger partial charge on any atom is -0.299 e. The molecule has 24 heavy (non-hydrogen) atoms. The van der Waals surface area contributed by atoms with Crippen molar-refractivity contribution >= 4 is 16.6 Å². The second-order valence-corrected chi connectivity index (χ2v) is 5.96. The number of nitrogens with one attached hydrogen (secondary N) is 1. The van der Waals surface area contributed by atoms with Crippen LogP contribution in [0.1, 0.15) is 31.7 Å². The first-order valence-electron chi connectivity index (χ1n) is 8.27. The number of aromatic nitrogens is 2. The van der Waals surface area contributed by atoms with Crippen LogP contribution in [-0.2, 0) is 11.2 Å². The zero-order chi connectivity index (χ0) is 16.9. The summed E-state index contributed by atoms with van der Waals surface area (Å²) in [5, 5.41) is 8.21. The average molecular weight is 320 g/mol. The maximum Gasteiger partial charge on any atom is 0.272 e. The number of Topliss-reactive ketones (excluding diaryl/α,β-unsaturated/α-hetero) is 1. The molecule has 4 heteroatoms. The van der Waals surface area contributed by atoms with E-state index in [1.54, 1.807) is 6.07 Å². The predicted octanol–water partition coefficient (Wildman–Crippen LogP) is 3.89. The number of rotatable bonds is 6. The Morgan fingerprint density at radius 3 is 2.46 bits per heavy atom. The van der Waals surface area contributed by atoms with Crippen LogP contribution in [-0.4, -0.2) is 16.0 Å². The minimum absolute atomic E-state index is 0.188. The fourth-order valence-corrected chi connectivity index (χ4v) is 2.81. The minimum atomic E-state index is -0.188. The van der Waals surface area contributed by atoms with Crippen molar-refractivity contribution in [3.63, 3.8) is 0 Å². The highest BCUT2D eigenvalue weighted by Crippen LogP contribution is 2.24. The second-order valence-electron chi connectivity index (χ2n) is 5.96. The Bertz CT molecular complexity index is 911. The van der Waals surface area contributed by atoms with Crippen molar-refractivity contribution in [3.05, 3.63) is 64.4 Å². The molecule has 4 nitrogen and oxygen atoms in total. The lowest BCUT2D eigenvalue weighted by molar-refractivity contribution is -0.118. The molecular formula is C20H20N2O2.